The number of nitrogens with zero attached hydrogens (tertiary/aromatic N) is 1. The number of amidine groups is 1. The predicted molar refractivity (Wildman–Crippen MR) is 48.3 cm³/mol. The Kier molecular flexibility index (Phi) is 2.66. The van der Waals surface area contributed by atoms with Crippen LogP contribution < -0.4 is 0 Å². The molecule has 0 fully saturated rings. The lowest BCUT2D eigenvalue weighted by Gasteiger charge is -1.92. The Hall–Kier alpha value is -1.31. The smallest absolute Gasteiger partial charge is 0.162 e. The van der Waals surface area contributed by atoms with Gasteiger partial charge in [-0.1, -0.05) is 30.3 Å². The first kappa shape index (κ1) is 7.79. The van der Waals surface area contributed by atoms with Gasteiger partial charge in [0.05, 0.1) is 5.16 Å². The molecule has 1 N–H and O–H groups in total. The van der Waals surface area contributed by atoms with Crippen molar-refractivity contribution in [2.45, 2.75) is 0 Å². The molecule has 11 heavy (non-hydrogen) atoms. The van der Waals surface area contributed by atoms with Crippen molar-refractivity contribution >= 4 is 23.2 Å². The summed E-state index contributed by atoms with van der Waals surface area (Å²) in [5.41, 5.74) is 0.754. The average molecular weight is 162 g/mol. The van der Waals surface area contributed by atoms with E-state index in [-0.39, 0.29) is 5.84 Å². The van der Waals surface area contributed by atoms with E-state index < -0.39 is 0 Å². The molecule has 0 aliphatic rings. The Morgan fingerprint density at radius 3 is 2.55 bits per heavy atom. The summed E-state index contributed by atoms with van der Waals surface area (Å²) in [4.78, 5) is 3.54. The van der Waals surface area contributed by atoms with Crippen LogP contribution in [0.3, 0.4) is 0 Å². The van der Waals surface area contributed by atoms with Crippen molar-refractivity contribution < 1.29 is 0 Å². The molecule has 0 radical (unpaired) electrons. The quantitative estimate of drug-likeness (QED) is 0.383. The Balaban J connectivity index is 2.94. The second kappa shape index (κ2) is 3.76. The Morgan fingerprint density at radius 1 is 1.36 bits per heavy atom. The summed E-state index contributed by atoms with van der Waals surface area (Å²) in [6.07, 6.45) is 0. The van der Waals surface area contributed by atoms with E-state index in [1.807, 2.05) is 18.2 Å². The number of benzene rings is 1. The van der Waals surface area contributed by atoms with E-state index in [0.29, 0.717) is 0 Å². The van der Waals surface area contributed by atoms with E-state index in [4.69, 9.17) is 5.41 Å². The fourth-order valence-electron chi connectivity index (χ4n) is 0.706. The first-order chi connectivity index (χ1) is 5.34. The standard InChI is InChI=1S/C8H6N2S/c9-8(10-6-11)7-4-2-1-3-5-7/h1-5,9H. The fourth-order valence-corrected chi connectivity index (χ4v) is 0.798. The maximum absolute atomic E-state index is 7.33. The van der Waals surface area contributed by atoms with Gasteiger partial charge in [0.2, 0.25) is 0 Å². The van der Waals surface area contributed by atoms with Crippen molar-refractivity contribution in [2.24, 2.45) is 4.99 Å². The lowest BCUT2D eigenvalue weighted by Crippen LogP contribution is -1.92. The summed E-state index contributed by atoms with van der Waals surface area (Å²) in [5.74, 6) is 0.153. The molecule has 2 nitrogen and oxygen atoms in total. The zero-order valence-corrected chi connectivity index (χ0v) is 6.56. The molecule has 54 valence electrons. The molecule has 0 aromatic heterocycles. The molecule has 1 aromatic rings. The van der Waals surface area contributed by atoms with Crippen molar-refractivity contribution in [3.05, 3.63) is 35.9 Å². The van der Waals surface area contributed by atoms with E-state index in [9.17, 15) is 0 Å². The van der Waals surface area contributed by atoms with Gasteiger partial charge in [-0.2, -0.15) is 4.99 Å². The van der Waals surface area contributed by atoms with E-state index in [1.54, 1.807) is 12.1 Å². The average Bonchev–Trinajstić information content (AvgIpc) is 2.07. The van der Waals surface area contributed by atoms with E-state index >= 15 is 0 Å². The van der Waals surface area contributed by atoms with Gasteiger partial charge in [0.15, 0.2) is 5.84 Å². The highest BCUT2D eigenvalue weighted by molar-refractivity contribution is 7.78. The van der Waals surface area contributed by atoms with Crippen LogP contribution in [0, 0.1) is 5.41 Å². The van der Waals surface area contributed by atoms with Crippen molar-refractivity contribution in [1.82, 2.24) is 0 Å². The number of hydrogen-bond donors (Lipinski definition) is 1. The molecule has 0 saturated carbocycles. The highest BCUT2D eigenvalue weighted by Gasteiger charge is 1.94. The second-order valence-electron chi connectivity index (χ2n) is 1.92. The largest absolute Gasteiger partial charge is 0.282 e. The highest BCUT2D eigenvalue weighted by atomic mass is 32.1. The highest BCUT2D eigenvalue weighted by Crippen LogP contribution is 1.99. The van der Waals surface area contributed by atoms with Crippen LogP contribution in [-0.4, -0.2) is 11.0 Å². The van der Waals surface area contributed by atoms with Gasteiger partial charge in [-0.15, -0.1) is 0 Å². The fraction of sp³-hybridized carbons (Fsp3) is 0. The molecule has 0 aliphatic carbocycles. The van der Waals surface area contributed by atoms with Gasteiger partial charge in [0.25, 0.3) is 0 Å². The summed E-state index contributed by atoms with van der Waals surface area (Å²) >= 11 is 4.37. The summed E-state index contributed by atoms with van der Waals surface area (Å²) in [6.45, 7) is 0. The first-order valence-electron chi connectivity index (χ1n) is 3.06. The van der Waals surface area contributed by atoms with Gasteiger partial charge in [0, 0.05) is 5.56 Å². The zero-order chi connectivity index (χ0) is 8.10. The number of aliphatic imine (C=N–C) groups is 1. The second-order valence-corrected chi connectivity index (χ2v) is 2.10. The van der Waals surface area contributed by atoms with Crippen LogP contribution in [0.2, 0.25) is 0 Å². The zero-order valence-electron chi connectivity index (χ0n) is 5.74. The number of nitrogens with one attached hydrogen (secondary N) is 1. The molecular formula is C8H6N2S. The topological polar surface area (TPSA) is 36.2 Å². The van der Waals surface area contributed by atoms with Crippen molar-refractivity contribution in [3.8, 4) is 0 Å². The SMILES string of the molecule is N=C(N=C=S)c1ccccc1. The Morgan fingerprint density at radius 2 is 2.00 bits per heavy atom. The Labute approximate surface area is 70.1 Å². The minimum Gasteiger partial charge on any atom is -0.282 e. The molecule has 0 unspecified atom stereocenters. The molecule has 0 bridgehead atoms. The lowest BCUT2D eigenvalue weighted by molar-refractivity contribution is 1.43. The van der Waals surface area contributed by atoms with Gasteiger partial charge < -0.3 is 0 Å². The van der Waals surface area contributed by atoms with Crippen LogP contribution in [0.4, 0.5) is 0 Å². The number of hydrogen-bond acceptors (Lipinski definition) is 2. The van der Waals surface area contributed by atoms with Crippen molar-refractivity contribution in [1.29, 1.82) is 5.41 Å². The summed E-state index contributed by atoms with van der Waals surface area (Å²) in [6, 6.07) is 9.19. The van der Waals surface area contributed by atoms with Gasteiger partial charge in [-0.05, 0) is 12.2 Å². The van der Waals surface area contributed by atoms with Gasteiger partial charge in [-0.25, -0.2) is 0 Å². The van der Waals surface area contributed by atoms with Gasteiger partial charge in [-0.3, -0.25) is 5.41 Å². The van der Waals surface area contributed by atoms with Crippen LogP contribution in [0.1, 0.15) is 5.56 Å². The molecule has 0 amide bonds. The first-order valence-corrected chi connectivity index (χ1v) is 3.47. The maximum atomic E-state index is 7.33. The number of isothiocyanates is 1. The number of thiocarbonyl (C=S) groups is 1. The molecule has 1 aromatic carbocycles. The lowest BCUT2D eigenvalue weighted by atomic mass is 10.2. The molecule has 1 rings (SSSR count). The third kappa shape index (κ3) is 2.08. The van der Waals surface area contributed by atoms with Crippen LogP contribution in [0.5, 0.6) is 0 Å². The van der Waals surface area contributed by atoms with E-state index in [2.05, 4.69) is 22.4 Å². The summed E-state index contributed by atoms with van der Waals surface area (Å²) in [7, 11) is 0. The summed E-state index contributed by atoms with van der Waals surface area (Å²) < 4.78 is 0. The molecule has 3 heteroatoms. The van der Waals surface area contributed by atoms with Crippen LogP contribution >= 0.6 is 12.2 Å². The number of rotatable bonds is 1. The maximum Gasteiger partial charge on any atom is 0.162 e. The molecule has 0 aliphatic heterocycles. The van der Waals surface area contributed by atoms with Gasteiger partial charge >= 0.3 is 0 Å². The molecular weight excluding hydrogens is 156 g/mol. The molecule has 0 spiro atoms. The third-order valence-corrected chi connectivity index (χ3v) is 1.30. The van der Waals surface area contributed by atoms with Gasteiger partial charge in [0.1, 0.15) is 0 Å². The normalized spacial score (nSPS) is 8.36. The minimum atomic E-state index is 0.153. The summed E-state index contributed by atoms with van der Waals surface area (Å²) in [5, 5.41) is 9.48. The van der Waals surface area contributed by atoms with E-state index in [0.717, 1.165) is 5.56 Å². The van der Waals surface area contributed by atoms with Crippen molar-refractivity contribution in [3.63, 3.8) is 0 Å². The predicted octanol–water partition coefficient (Wildman–Crippen LogP) is 2.11. The minimum absolute atomic E-state index is 0.153. The molecule has 0 atom stereocenters. The third-order valence-electron chi connectivity index (χ3n) is 1.20. The van der Waals surface area contributed by atoms with Crippen LogP contribution in [-0.2, 0) is 0 Å². The monoisotopic (exact) mass is 162 g/mol. The molecule has 0 heterocycles. The van der Waals surface area contributed by atoms with Crippen LogP contribution in [0.25, 0.3) is 0 Å². The molecule has 0 saturated heterocycles. The Bertz CT molecular complexity index is 299. The van der Waals surface area contributed by atoms with E-state index in [1.165, 1.54) is 0 Å². The van der Waals surface area contributed by atoms with Crippen molar-refractivity contribution in [2.75, 3.05) is 0 Å². The van der Waals surface area contributed by atoms with Crippen LogP contribution in [0.15, 0.2) is 35.3 Å².